The van der Waals surface area contributed by atoms with Crippen molar-refractivity contribution in [1.29, 1.82) is 0 Å². The van der Waals surface area contributed by atoms with E-state index in [4.69, 9.17) is 22.2 Å². The summed E-state index contributed by atoms with van der Waals surface area (Å²) in [6.07, 6.45) is 4.54. The van der Waals surface area contributed by atoms with Crippen LogP contribution < -0.4 is 10.8 Å². The molecule has 2 heterocycles. The molecule has 2 aromatic carbocycles. The Balaban J connectivity index is 1.81. The van der Waals surface area contributed by atoms with Gasteiger partial charge in [0.25, 0.3) is 0 Å². The number of rotatable bonds is 1. The van der Waals surface area contributed by atoms with Gasteiger partial charge >= 0.3 is 0 Å². The number of nitrogens with zero attached hydrogens (tertiary/aromatic N) is 3. The van der Waals surface area contributed by atoms with Gasteiger partial charge in [0.05, 0.1) is 5.52 Å². The molecule has 0 bridgehead atoms. The molecule has 0 fully saturated rings. The summed E-state index contributed by atoms with van der Waals surface area (Å²) < 4.78 is 2.25. The molecular formula is C22H24N4S. The van der Waals surface area contributed by atoms with Crippen LogP contribution in [0.3, 0.4) is 0 Å². The standard InChI is InChI=1S/C22H24N4S/c1-15-12-16(2)14-17(13-15)23-22(27)25-21-18-8-5-6-9-19(18)24-20-10-4-3-7-11-26(20)21/h5-6,8-9,12-14H,3-4,7,10-11H2,1-2H3,(H,23,27). The summed E-state index contributed by atoms with van der Waals surface area (Å²) in [7, 11) is 0. The Morgan fingerprint density at radius 2 is 1.85 bits per heavy atom. The molecule has 27 heavy (non-hydrogen) atoms. The molecule has 0 saturated heterocycles. The number of hydrogen-bond donors (Lipinski definition) is 1. The van der Waals surface area contributed by atoms with E-state index in [2.05, 4.69) is 54.1 Å². The van der Waals surface area contributed by atoms with Crippen molar-refractivity contribution < 1.29 is 0 Å². The Bertz CT molecular complexity index is 1060. The van der Waals surface area contributed by atoms with Crippen molar-refractivity contribution in [2.75, 3.05) is 5.32 Å². The summed E-state index contributed by atoms with van der Waals surface area (Å²) in [5.74, 6) is 1.11. The average Bonchev–Trinajstić information content (AvgIpc) is 2.86. The summed E-state index contributed by atoms with van der Waals surface area (Å²) in [6, 6.07) is 14.5. The van der Waals surface area contributed by atoms with E-state index in [1.807, 2.05) is 12.1 Å². The van der Waals surface area contributed by atoms with Gasteiger partial charge in [0.1, 0.15) is 11.3 Å². The van der Waals surface area contributed by atoms with Crippen molar-refractivity contribution >= 4 is 33.9 Å². The van der Waals surface area contributed by atoms with Crippen molar-refractivity contribution in [3.05, 3.63) is 64.9 Å². The molecule has 5 heteroatoms. The predicted octanol–water partition coefficient (Wildman–Crippen LogP) is 4.68. The fraction of sp³-hybridized carbons (Fsp3) is 0.318. The van der Waals surface area contributed by atoms with E-state index >= 15 is 0 Å². The number of nitrogens with one attached hydrogen (secondary N) is 1. The molecular weight excluding hydrogens is 352 g/mol. The maximum Gasteiger partial charge on any atom is 0.199 e. The van der Waals surface area contributed by atoms with Crippen LogP contribution in [0.25, 0.3) is 10.9 Å². The summed E-state index contributed by atoms with van der Waals surface area (Å²) in [5.41, 5.74) is 5.30. The van der Waals surface area contributed by atoms with Gasteiger partial charge in [-0.25, -0.2) is 9.98 Å². The number of hydrogen-bond acceptors (Lipinski definition) is 2. The minimum atomic E-state index is 0.482. The second kappa shape index (κ2) is 7.61. The van der Waals surface area contributed by atoms with E-state index in [1.54, 1.807) is 0 Å². The van der Waals surface area contributed by atoms with Crippen LogP contribution in [0.4, 0.5) is 5.69 Å². The molecule has 4 rings (SSSR count). The zero-order valence-corrected chi connectivity index (χ0v) is 16.6. The predicted molar refractivity (Wildman–Crippen MR) is 115 cm³/mol. The lowest BCUT2D eigenvalue weighted by molar-refractivity contribution is 0.608. The first kappa shape index (κ1) is 17.9. The van der Waals surface area contributed by atoms with Crippen molar-refractivity contribution in [3.63, 3.8) is 0 Å². The zero-order chi connectivity index (χ0) is 18.8. The number of para-hydroxylation sites is 1. The second-order valence-corrected chi connectivity index (χ2v) is 7.64. The van der Waals surface area contributed by atoms with E-state index in [0.717, 1.165) is 47.3 Å². The molecule has 0 amide bonds. The van der Waals surface area contributed by atoms with Crippen LogP contribution >= 0.6 is 12.2 Å². The second-order valence-electron chi connectivity index (χ2n) is 7.25. The highest BCUT2D eigenvalue weighted by Gasteiger charge is 2.13. The zero-order valence-electron chi connectivity index (χ0n) is 15.8. The van der Waals surface area contributed by atoms with Gasteiger partial charge in [-0.05, 0) is 74.3 Å². The van der Waals surface area contributed by atoms with Crippen molar-refractivity contribution in [1.82, 2.24) is 9.55 Å². The first-order valence-corrected chi connectivity index (χ1v) is 9.93. The summed E-state index contributed by atoms with van der Waals surface area (Å²) in [5, 5.41) is 4.82. The Morgan fingerprint density at radius 1 is 1.07 bits per heavy atom. The number of anilines is 1. The number of thiocarbonyl (C=S) groups is 1. The van der Waals surface area contributed by atoms with Gasteiger partial charge in [0, 0.05) is 24.0 Å². The Morgan fingerprint density at radius 3 is 2.67 bits per heavy atom. The fourth-order valence-corrected chi connectivity index (χ4v) is 4.00. The van der Waals surface area contributed by atoms with Crippen molar-refractivity contribution in [2.45, 2.75) is 46.1 Å². The van der Waals surface area contributed by atoms with E-state index < -0.39 is 0 Å². The highest BCUT2D eigenvalue weighted by atomic mass is 32.1. The molecule has 0 unspecified atom stereocenters. The van der Waals surface area contributed by atoms with Crippen LogP contribution in [-0.2, 0) is 13.0 Å². The maximum absolute atomic E-state index is 5.59. The van der Waals surface area contributed by atoms with E-state index in [1.165, 1.54) is 24.0 Å². The molecule has 1 aliphatic heterocycles. The van der Waals surface area contributed by atoms with Gasteiger partial charge in [-0.2, -0.15) is 0 Å². The molecule has 1 aliphatic rings. The van der Waals surface area contributed by atoms with Gasteiger partial charge < -0.3 is 9.88 Å². The first-order valence-electron chi connectivity index (χ1n) is 9.52. The van der Waals surface area contributed by atoms with Crippen molar-refractivity contribution in [2.24, 2.45) is 4.99 Å². The minimum Gasteiger partial charge on any atom is -0.331 e. The van der Waals surface area contributed by atoms with Crippen LogP contribution in [0.1, 0.15) is 36.2 Å². The number of aromatic nitrogens is 2. The molecule has 0 aliphatic carbocycles. The topological polar surface area (TPSA) is 42.2 Å². The van der Waals surface area contributed by atoms with Gasteiger partial charge in [-0.15, -0.1) is 0 Å². The molecule has 138 valence electrons. The molecule has 3 aromatic rings. The first-order chi connectivity index (χ1) is 13.1. The summed E-state index contributed by atoms with van der Waals surface area (Å²) in [6.45, 7) is 5.12. The Labute approximate surface area is 165 Å². The van der Waals surface area contributed by atoms with E-state index in [9.17, 15) is 0 Å². The molecule has 0 radical (unpaired) electrons. The van der Waals surface area contributed by atoms with Crippen molar-refractivity contribution in [3.8, 4) is 0 Å². The normalized spacial score (nSPS) is 14.7. The fourth-order valence-electron chi connectivity index (χ4n) is 3.80. The molecule has 4 nitrogen and oxygen atoms in total. The largest absolute Gasteiger partial charge is 0.331 e. The molecule has 0 spiro atoms. The lowest BCUT2D eigenvalue weighted by atomic mass is 10.1. The van der Waals surface area contributed by atoms with Crippen LogP contribution in [0.15, 0.2) is 47.5 Å². The molecule has 0 saturated carbocycles. The quantitative estimate of drug-likeness (QED) is 0.627. The molecule has 0 atom stereocenters. The van der Waals surface area contributed by atoms with Gasteiger partial charge in [-0.1, -0.05) is 24.6 Å². The van der Waals surface area contributed by atoms with Crippen LogP contribution in [0, 0.1) is 13.8 Å². The number of aryl methyl sites for hydroxylation is 3. The third-order valence-electron chi connectivity index (χ3n) is 4.92. The smallest absolute Gasteiger partial charge is 0.199 e. The van der Waals surface area contributed by atoms with E-state index in [0.29, 0.717) is 5.11 Å². The Kier molecular flexibility index (Phi) is 5.03. The summed E-state index contributed by atoms with van der Waals surface area (Å²) in [4.78, 5) is 9.73. The Hall–Kier alpha value is -2.53. The van der Waals surface area contributed by atoms with E-state index in [-0.39, 0.29) is 0 Å². The lowest BCUT2D eigenvalue weighted by Gasteiger charge is -2.13. The highest BCUT2D eigenvalue weighted by Crippen LogP contribution is 2.16. The van der Waals surface area contributed by atoms with Gasteiger partial charge in [-0.3, -0.25) is 0 Å². The molecule has 1 aromatic heterocycles. The third kappa shape index (κ3) is 3.93. The highest BCUT2D eigenvalue weighted by molar-refractivity contribution is 7.80. The number of benzene rings is 2. The average molecular weight is 377 g/mol. The van der Waals surface area contributed by atoms with Crippen LogP contribution in [-0.4, -0.2) is 14.7 Å². The molecule has 1 N–H and O–H groups in total. The minimum absolute atomic E-state index is 0.482. The maximum atomic E-state index is 5.59. The third-order valence-corrected chi connectivity index (χ3v) is 5.12. The monoisotopic (exact) mass is 376 g/mol. The van der Waals surface area contributed by atoms with Crippen LogP contribution in [0.2, 0.25) is 0 Å². The summed E-state index contributed by atoms with van der Waals surface area (Å²) >= 11 is 5.59. The SMILES string of the molecule is Cc1cc(C)cc(NC(=S)N=c2c3ccccc3nc3n2CCCCC3)c1. The number of fused-ring (bicyclic) bond motifs is 2. The van der Waals surface area contributed by atoms with Crippen LogP contribution in [0.5, 0.6) is 0 Å². The van der Waals surface area contributed by atoms with Gasteiger partial charge in [0.2, 0.25) is 0 Å². The lowest BCUT2D eigenvalue weighted by Crippen LogP contribution is -2.28. The van der Waals surface area contributed by atoms with Gasteiger partial charge in [0.15, 0.2) is 5.11 Å².